The van der Waals surface area contributed by atoms with Gasteiger partial charge in [0.2, 0.25) is 5.91 Å². The first-order valence-corrected chi connectivity index (χ1v) is 16.4. The summed E-state index contributed by atoms with van der Waals surface area (Å²) in [5.41, 5.74) is 10.7. The Balaban J connectivity index is 1.13. The Hall–Kier alpha value is -4.92. The molecule has 46 heavy (non-hydrogen) atoms. The fourth-order valence-corrected chi connectivity index (χ4v) is 7.13. The molecule has 0 bridgehead atoms. The van der Waals surface area contributed by atoms with Gasteiger partial charge in [0.05, 0.1) is 35.7 Å². The number of imidazole rings is 2. The van der Waals surface area contributed by atoms with Gasteiger partial charge < -0.3 is 25.3 Å². The van der Waals surface area contributed by atoms with Crippen LogP contribution in [0.2, 0.25) is 0 Å². The maximum Gasteiger partial charge on any atom is 0.407 e. The van der Waals surface area contributed by atoms with Crippen molar-refractivity contribution in [3.63, 3.8) is 0 Å². The Morgan fingerprint density at radius 3 is 2.37 bits per heavy atom. The average Bonchev–Trinajstić information content (AvgIpc) is 3.71. The van der Waals surface area contributed by atoms with Crippen molar-refractivity contribution < 1.29 is 14.3 Å². The molecule has 2 amide bonds. The largest absolute Gasteiger partial charge is 0.453 e. The summed E-state index contributed by atoms with van der Waals surface area (Å²) in [4.78, 5) is 41.6. The number of aryl methyl sites for hydroxylation is 2. The highest BCUT2D eigenvalue weighted by Gasteiger charge is 2.39. The second-order valence-corrected chi connectivity index (χ2v) is 12.6. The van der Waals surface area contributed by atoms with Crippen molar-refractivity contribution in [1.82, 2.24) is 30.6 Å². The Bertz CT molecular complexity index is 1880. The van der Waals surface area contributed by atoms with E-state index in [0.29, 0.717) is 6.42 Å². The number of hydrogen-bond donors (Lipinski definition) is 4. The number of aromatic nitrogens is 4. The molecule has 2 aliphatic carbocycles. The van der Waals surface area contributed by atoms with Crippen molar-refractivity contribution in [3.8, 4) is 33.5 Å². The van der Waals surface area contributed by atoms with Gasteiger partial charge in [0.15, 0.2) is 0 Å². The molecule has 2 aliphatic rings. The molecular formula is C37H40N6O3. The number of methoxy groups -OCH3 is 1. The summed E-state index contributed by atoms with van der Waals surface area (Å²) in [6, 6.07) is 21.1. The minimum absolute atomic E-state index is 0.226. The van der Waals surface area contributed by atoms with Gasteiger partial charge in [-0.15, -0.1) is 0 Å². The van der Waals surface area contributed by atoms with Gasteiger partial charge in [-0.25, -0.2) is 14.8 Å². The number of ether oxygens (including phenoxy) is 1. The van der Waals surface area contributed by atoms with Crippen molar-refractivity contribution in [2.24, 2.45) is 0 Å². The molecular weight excluding hydrogens is 576 g/mol. The molecule has 4 N–H and O–H groups in total. The van der Waals surface area contributed by atoms with E-state index in [1.807, 2.05) is 13.0 Å². The van der Waals surface area contributed by atoms with Crippen LogP contribution in [0.3, 0.4) is 0 Å². The standard InChI is InChI=1S/C37H40N6O3/c1-3-29(42-36(45)46-2)34(44)43-37(18-5-4-6-19-37)35-40-30-17-15-26(21-32(30)41-35)24-12-10-23(11-13-24)25-14-16-28-27(20-25)8-7-9-31-33(28)39-22-38-31/h10-17,20-22,29H,3-9,18-19H2,1-2H3,(H,38,39)(H,40,41)(H,42,45)(H,43,44). The molecule has 7 rings (SSSR count). The zero-order valence-electron chi connectivity index (χ0n) is 26.4. The van der Waals surface area contributed by atoms with Crippen molar-refractivity contribution in [2.45, 2.75) is 76.3 Å². The highest BCUT2D eigenvalue weighted by molar-refractivity contribution is 5.87. The highest BCUT2D eigenvalue weighted by atomic mass is 16.5. The van der Waals surface area contributed by atoms with E-state index in [1.165, 1.54) is 35.1 Å². The number of carbonyl (C=O) groups is 2. The minimum Gasteiger partial charge on any atom is -0.453 e. The predicted molar refractivity (Wildman–Crippen MR) is 179 cm³/mol. The zero-order valence-corrected chi connectivity index (χ0v) is 26.4. The van der Waals surface area contributed by atoms with E-state index in [2.05, 4.69) is 80.2 Å². The Kier molecular flexibility index (Phi) is 8.07. The molecule has 1 fully saturated rings. The molecule has 1 atom stereocenters. The lowest BCUT2D eigenvalue weighted by Gasteiger charge is -2.37. The van der Waals surface area contributed by atoms with Crippen molar-refractivity contribution in [3.05, 3.63) is 84.1 Å². The average molecular weight is 617 g/mol. The number of nitrogens with one attached hydrogen (secondary N) is 4. The van der Waals surface area contributed by atoms with Gasteiger partial charge >= 0.3 is 6.09 Å². The fraction of sp³-hybridized carbons (Fsp3) is 0.351. The first-order chi connectivity index (χ1) is 22.5. The van der Waals surface area contributed by atoms with Crippen molar-refractivity contribution >= 4 is 23.0 Å². The van der Waals surface area contributed by atoms with Crippen molar-refractivity contribution in [2.75, 3.05) is 7.11 Å². The van der Waals surface area contributed by atoms with Crippen LogP contribution < -0.4 is 10.6 Å². The van der Waals surface area contributed by atoms with E-state index in [0.717, 1.165) is 85.0 Å². The van der Waals surface area contributed by atoms with Crippen LogP contribution in [0.4, 0.5) is 4.79 Å². The van der Waals surface area contributed by atoms with Crippen LogP contribution in [0.5, 0.6) is 0 Å². The summed E-state index contributed by atoms with van der Waals surface area (Å²) in [5.74, 6) is 0.539. The number of carbonyl (C=O) groups excluding carboxylic acids is 2. The molecule has 2 aromatic heterocycles. The summed E-state index contributed by atoms with van der Waals surface area (Å²) in [5, 5.41) is 5.93. The van der Waals surface area contributed by atoms with Crippen molar-refractivity contribution in [1.29, 1.82) is 0 Å². The number of nitrogens with zero attached hydrogens (tertiary/aromatic N) is 2. The van der Waals surface area contributed by atoms with Gasteiger partial charge in [0, 0.05) is 11.3 Å². The number of H-pyrrole nitrogens is 2. The molecule has 5 aromatic rings. The quantitative estimate of drug-likeness (QED) is 0.154. The second-order valence-electron chi connectivity index (χ2n) is 12.6. The number of benzene rings is 3. The van der Waals surface area contributed by atoms with E-state index in [1.54, 1.807) is 6.33 Å². The number of rotatable bonds is 7. The van der Waals surface area contributed by atoms with E-state index in [4.69, 9.17) is 9.72 Å². The summed E-state index contributed by atoms with van der Waals surface area (Å²) in [6.07, 6.45) is 9.50. The molecule has 0 aliphatic heterocycles. The summed E-state index contributed by atoms with van der Waals surface area (Å²) >= 11 is 0. The zero-order chi connectivity index (χ0) is 31.7. The number of alkyl carbamates (subject to hydrolysis) is 1. The molecule has 0 radical (unpaired) electrons. The molecule has 236 valence electrons. The van der Waals surface area contributed by atoms with Crippen LogP contribution in [0.25, 0.3) is 44.5 Å². The molecule has 1 saturated carbocycles. The van der Waals surface area contributed by atoms with E-state index in [9.17, 15) is 9.59 Å². The molecule has 3 aromatic carbocycles. The van der Waals surface area contributed by atoms with Crippen LogP contribution in [-0.2, 0) is 27.9 Å². The van der Waals surface area contributed by atoms with Gasteiger partial charge in [-0.1, -0.05) is 74.7 Å². The second kappa shape index (κ2) is 12.5. The minimum atomic E-state index is -0.681. The normalized spacial score (nSPS) is 16.1. The molecule has 0 spiro atoms. The van der Waals surface area contributed by atoms with Gasteiger partial charge in [0.25, 0.3) is 0 Å². The maximum absolute atomic E-state index is 13.4. The smallest absolute Gasteiger partial charge is 0.407 e. The third kappa shape index (κ3) is 5.66. The topological polar surface area (TPSA) is 125 Å². The van der Waals surface area contributed by atoms with E-state index in [-0.39, 0.29) is 5.91 Å². The number of fused-ring (bicyclic) bond motifs is 4. The summed E-state index contributed by atoms with van der Waals surface area (Å²) in [7, 11) is 1.30. The highest BCUT2D eigenvalue weighted by Crippen LogP contribution is 2.38. The van der Waals surface area contributed by atoms with Gasteiger partial charge in [0.1, 0.15) is 11.9 Å². The van der Waals surface area contributed by atoms with Gasteiger partial charge in [-0.2, -0.15) is 0 Å². The molecule has 2 heterocycles. The predicted octanol–water partition coefficient (Wildman–Crippen LogP) is 7.19. The molecule has 1 unspecified atom stereocenters. The van der Waals surface area contributed by atoms with Gasteiger partial charge in [-0.3, -0.25) is 4.79 Å². The van der Waals surface area contributed by atoms with Crippen LogP contribution in [0.1, 0.15) is 69.0 Å². The number of amides is 2. The van der Waals surface area contributed by atoms with E-state index < -0.39 is 17.7 Å². The van der Waals surface area contributed by atoms with Crippen LogP contribution in [0, 0.1) is 0 Å². The van der Waals surface area contributed by atoms with E-state index >= 15 is 0 Å². The third-order valence-electron chi connectivity index (χ3n) is 9.71. The summed E-state index contributed by atoms with van der Waals surface area (Å²) < 4.78 is 4.73. The summed E-state index contributed by atoms with van der Waals surface area (Å²) in [6.45, 7) is 1.87. The first kappa shape index (κ1) is 29.8. The SMILES string of the molecule is CCC(NC(=O)OC)C(=O)NC1(c2nc3ccc(-c4ccc(-c5ccc6c(c5)CCCc5[nH]cnc5-6)cc4)cc3[nH]2)CCCCC1. The Morgan fingerprint density at radius 1 is 0.913 bits per heavy atom. The van der Waals surface area contributed by atoms with Gasteiger partial charge in [-0.05, 0) is 78.5 Å². The lowest BCUT2D eigenvalue weighted by atomic mass is 9.80. The number of hydrogen-bond acceptors (Lipinski definition) is 5. The lowest BCUT2D eigenvalue weighted by Crippen LogP contribution is -2.55. The van der Waals surface area contributed by atoms with Crippen LogP contribution >= 0.6 is 0 Å². The molecule has 9 heteroatoms. The maximum atomic E-state index is 13.4. The van der Waals surface area contributed by atoms with Crippen LogP contribution in [0.15, 0.2) is 67.0 Å². The first-order valence-electron chi connectivity index (χ1n) is 16.4. The molecule has 9 nitrogen and oxygen atoms in total. The molecule has 0 saturated heterocycles. The lowest BCUT2D eigenvalue weighted by molar-refractivity contribution is -0.125. The monoisotopic (exact) mass is 616 g/mol. The Labute approximate surface area is 268 Å². The third-order valence-corrected chi connectivity index (χ3v) is 9.71. The Morgan fingerprint density at radius 2 is 1.63 bits per heavy atom. The van der Waals surface area contributed by atoms with Crippen LogP contribution in [-0.4, -0.2) is 45.1 Å². The fourth-order valence-electron chi connectivity index (χ4n) is 7.13. The number of aromatic amines is 2.